The quantitative estimate of drug-likeness (QED) is 0.613. The molecule has 0 aliphatic carbocycles. The van der Waals surface area contributed by atoms with Crippen LogP contribution in [0.5, 0.6) is 11.5 Å². The van der Waals surface area contributed by atoms with Crippen LogP contribution in [0, 0.1) is 11.6 Å². The van der Waals surface area contributed by atoms with Gasteiger partial charge in [-0.25, -0.2) is 13.6 Å². The SMILES string of the molecule is CC(C)(C)OC(=O)N1CCc2c(ccc3c2OCO3)[C@H]1C(=O)Nc1cc(F)c([Si](C)(C)C)c(F)c1. The number of hydrogen-bond acceptors (Lipinski definition) is 5. The molecule has 0 bridgehead atoms. The summed E-state index contributed by atoms with van der Waals surface area (Å²) in [7, 11) is -2.28. The molecule has 0 fully saturated rings. The molecule has 0 saturated heterocycles. The highest BCUT2D eigenvalue weighted by molar-refractivity contribution is 6.88. The van der Waals surface area contributed by atoms with E-state index in [2.05, 4.69) is 5.32 Å². The standard InChI is InChI=1S/C25H30F2N2O5Si/c1-25(2,3)34-24(31)29-10-9-16-15(7-8-19-21(16)33-13-32-19)20(29)23(30)28-14-11-17(26)22(18(27)12-14)35(4,5)6/h7-8,11-12,20H,9-10,13H2,1-6H3,(H,28,30)/t20-/m0/s1. The topological polar surface area (TPSA) is 77.1 Å². The van der Waals surface area contributed by atoms with E-state index < -0.39 is 43.4 Å². The summed E-state index contributed by atoms with van der Waals surface area (Å²) in [5, 5.41) is 2.67. The highest BCUT2D eigenvalue weighted by atomic mass is 28.3. The average molecular weight is 505 g/mol. The maximum Gasteiger partial charge on any atom is 0.411 e. The molecule has 7 nitrogen and oxygen atoms in total. The molecule has 0 spiro atoms. The van der Waals surface area contributed by atoms with Gasteiger partial charge in [0.1, 0.15) is 23.3 Å². The van der Waals surface area contributed by atoms with Crippen molar-refractivity contribution in [3.8, 4) is 11.5 Å². The van der Waals surface area contributed by atoms with Gasteiger partial charge in [-0.3, -0.25) is 9.69 Å². The van der Waals surface area contributed by atoms with E-state index in [-0.39, 0.29) is 24.2 Å². The summed E-state index contributed by atoms with van der Waals surface area (Å²) in [5.74, 6) is -0.901. The van der Waals surface area contributed by atoms with Gasteiger partial charge >= 0.3 is 6.09 Å². The molecule has 2 aromatic carbocycles. The molecule has 2 amide bonds. The lowest BCUT2D eigenvalue weighted by molar-refractivity contribution is -0.122. The second kappa shape index (κ2) is 8.82. The third kappa shape index (κ3) is 4.98. The van der Waals surface area contributed by atoms with Crippen LogP contribution in [0.15, 0.2) is 24.3 Å². The number of carbonyl (C=O) groups excluding carboxylic acids is 2. The smallest absolute Gasteiger partial charge is 0.411 e. The second-order valence-electron chi connectivity index (χ2n) is 10.7. The Morgan fingerprint density at radius 1 is 1.11 bits per heavy atom. The molecule has 0 unspecified atom stereocenters. The van der Waals surface area contributed by atoms with Crippen LogP contribution in [0.1, 0.15) is 37.9 Å². The highest BCUT2D eigenvalue weighted by Crippen LogP contribution is 2.43. The van der Waals surface area contributed by atoms with E-state index in [9.17, 15) is 18.4 Å². The lowest BCUT2D eigenvalue weighted by atomic mass is 9.91. The van der Waals surface area contributed by atoms with Gasteiger partial charge in [0.25, 0.3) is 5.91 Å². The summed E-state index contributed by atoms with van der Waals surface area (Å²) in [6.45, 7) is 11.0. The Balaban J connectivity index is 1.71. The third-order valence-electron chi connectivity index (χ3n) is 5.82. The molecule has 2 aliphatic rings. The largest absolute Gasteiger partial charge is 0.454 e. The zero-order valence-electron chi connectivity index (χ0n) is 20.8. The van der Waals surface area contributed by atoms with Crippen LogP contribution in [0.2, 0.25) is 19.6 Å². The Bertz CT molecular complexity index is 1170. The number of ether oxygens (including phenoxy) is 3. The van der Waals surface area contributed by atoms with Crippen molar-refractivity contribution in [1.29, 1.82) is 0 Å². The van der Waals surface area contributed by atoms with Crippen molar-refractivity contribution in [2.45, 2.75) is 58.5 Å². The Labute approximate surface area is 204 Å². The predicted molar refractivity (Wildman–Crippen MR) is 130 cm³/mol. The van der Waals surface area contributed by atoms with E-state index >= 15 is 0 Å². The highest BCUT2D eigenvalue weighted by Gasteiger charge is 2.40. The number of amides is 2. The number of nitrogens with zero attached hydrogens (tertiary/aromatic N) is 1. The maximum absolute atomic E-state index is 14.8. The number of fused-ring (bicyclic) bond motifs is 3. The molecular weight excluding hydrogens is 474 g/mol. The van der Waals surface area contributed by atoms with Crippen molar-refractivity contribution >= 4 is 30.9 Å². The van der Waals surface area contributed by atoms with Crippen LogP contribution in [0.3, 0.4) is 0 Å². The van der Waals surface area contributed by atoms with Crippen LogP contribution in [-0.2, 0) is 16.0 Å². The van der Waals surface area contributed by atoms with Gasteiger partial charge in [-0.15, -0.1) is 0 Å². The normalized spacial score (nSPS) is 17.1. The van der Waals surface area contributed by atoms with E-state index in [0.29, 0.717) is 23.5 Å². The number of hydrogen-bond donors (Lipinski definition) is 1. The van der Waals surface area contributed by atoms with Crippen LogP contribution < -0.4 is 20.0 Å². The number of carbonyl (C=O) groups is 2. The minimum Gasteiger partial charge on any atom is -0.454 e. The average Bonchev–Trinajstić information content (AvgIpc) is 3.19. The van der Waals surface area contributed by atoms with Gasteiger partial charge < -0.3 is 19.5 Å². The van der Waals surface area contributed by atoms with E-state index in [1.807, 2.05) is 19.6 Å². The monoisotopic (exact) mass is 504 g/mol. The van der Waals surface area contributed by atoms with Gasteiger partial charge in [-0.05, 0) is 51.0 Å². The van der Waals surface area contributed by atoms with E-state index in [4.69, 9.17) is 14.2 Å². The Morgan fingerprint density at radius 2 is 1.77 bits per heavy atom. The van der Waals surface area contributed by atoms with Crippen molar-refractivity contribution in [3.05, 3.63) is 47.0 Å². The summed E-state index contributed by atoms with van der Waals surface area (Å²) >= 11 is 0. The minimum absolute atomic E-state index is 0.0241. The Morgan fingerprint density at radius 3 is 2.37 bits per heavy atom. The summed E-state index contributed by atoms with van der Waals surface area (Å²) in [6, 6.07) is 4.54. The number of benzene rings is 2. The van der Waals surface area contributed by atoms with Crippen molar-refractivity contribution in [3.63, 3.8) is 0 Å². The van der Waals surface area contributed by atoms with E-state index in [0.717, 1.165) is 17.7 Å². The van der Waals surface area contributed by atoms with Crippen LogP contribution in [-0.4, -0.2) is 43.9 Å². The molecule has 0 saturated carbocycles. The molecule has 1 N–H and O–H groups in total. The maximum atomic E-state index is 14.8. The molecule has 0 radical (unpaired) electrons. The number of rotatable bonds is 3. The van der Waals surface area contributed by atoms with Gasteiger partial charge in [0.2, 0.25) is 6.79 Å². The lowest BCUT2D eigenvalue weighted by Crippen LogP contribution is -2.47. The molecule has 0 aromatic heterocycles. The molecule has 10 heteroatoms. The fraction of sp³-hybridized carbons (Fsp3) is 0.440. The summed E-state index contributed by atoms with van der Waals surface area (Å²) in [6.07, 6.45) is -0.230. The van der Waals surface area contributed by atoms with Gasteiger partial charge in [0.05, 0.1) is 8.07 Å². The fourth-order valence-electron chi connectivity index (χ4n) is 4.46. The fourth-order valence-corrected chi connectivity index (χ4v) is 6.04. The number of halogens is 2. The van der Waals surface area contributed by atoms with Crippen molar-refractivity contribution < 1.29 is 32.6 Å². The molecule has 188 valence electrons. The van der Waals surface area contributed by atoms with Crippen LogP contribution >= 0.6 is 0 Å². The molecule has 4 rings (SSSR count). The molecule has 1 atom stereocenters. The lowest BCUT2D eigenvalue weighted by Gasteiger charge is -2.37. The summed E-state index contributed by atoms with van der Waals surface area (Å²) in [4.78, 5) is 27.9. The summed E-state index contributed by atoms with van der Waals surface area (Å²) < 4.78 is 46.2. The van der Waals surface area contributed by atoms with E-state index in [1.54, 1.807) is 32.9 Å². The molecule has 2 aromatic rings. The first kappa shape index (κ1) is 25.0. The van der Waals surface area contributed by atoms with E-state index in [1.165, 1.54) is 4.90 Å². The second-order valence-corrected chi connectivity index (χ2v) is 15.7. The summed E-state index contributed by atoms with van der Waals surface area (Å²) in [5.41, 5.74) is 0.505. The Kier molecular flexibility index (Phi) is 6.29. The Hall–Kier alpha value is -3.14. The first-order valence-electron chi connectivity index (χ1n) is 11.5. The molecule has 2 aliphatic heterocycles. The zero-order chi connectivity index (χ0) is 25.7. The third-order valence-corrected chi connectivity index (χ3v) is 7.80. The first-order valence-corrected chi connectivity index (χ1v) is 15.0. The van der Waals surface area contributed by atoms with Crippen LogP contribution in [0.25, 0.3) is 0 Å². The van der Waals surface area contributed by atoms with Gasteiger partial charge in [-0.1, -0.05) is 25.7 Å². The van der Waals surface area contributed by atoms with Gasteiger partial charge in [-0.2, -0.15) is 0 Å². The van der Waals surface area contributed by atoms with Gasteiger partial charge in [0, 0.05) is 23.0 Å². The predicted octanol–water partition coefficient (Wildman–Crippen LogP) is 4.71. The minimum atomic E-state index is -2.28. The van der Waals surface area contributed by atoms with Crippen molar-refractivity contribution in [1.82, 2.24) is 4.90 Å². The molecular formula is C25H30F2N2O5Si. The van der Waals surface area contributed by atoms with Crippen LogP contribution in [0.4, 0.5) is 19.3 Å². The van der Waals surface area contributed by atoms with Crippen molar-refractivity contribution in [2.24, 2.45) is 0 Å². The zero-order valence-corrected chi connectivity index (χ0v) is 21.8. The number of nitrogens with one attached hydrogen (secondary N) is 1. The number of anilines is 1. The first-order chi connectivity index (χ1) is 16.3. The van der Waals surface area contributed by atoms with Gasteiger partial charge in [0.15, 0.2) is 11.5 Å². The molecule has 35 heavy (non-hydrogen) atoms. The van der Waals surface area contributed by atoms with Crippen molar-refractivity contribution in [2.75, 3.05) is 18.7 Å². The molecule has 2 heterocycles.